The van der Waals surface area contributed by atoms with E-state index in [0.29, 0.717) is 23.5 Å². The molecule has 3 nitrogen and oxygen atoms in total. The average Bonchev–Trinajstić information content (AvgIpc) is 2.39. The quantitative estimate of drug-likeness (QED) is 0.592. The number of halogens is 1. The van der Waals surface area contributed by atoms with Gasteiger partial charge in [-0.05, 0) is 36.8 Å². The molecular formula is C14H19FO3S. The third-order valence-corrected chi connectivity index (χ3v) is 3.40. The molecule has 0 aliphatic carbocycles. The van der Waals surface area contributed by atoms with Gasteiger partial charge in [-0.15, -0.1) is 0 Å². The first kappa shape index (κ1) is 16.0. The maximum Gasteiger partial charge on any atom is 0.194 e. The molecule has 106 valence electrons. The summed E-state index contributed by atoms with van der Waals surface area (Å²) in [7, 11) is 4.58. The van der Waals surface area contributed by atoms with Gasteiger partial charge in [0.1, 0.15) is 5.82 Å². The zero-order valence-electron chi connectivity index (χ0n) is 11.7. The zero-order valence-corrected chi connectivity index (χ0v) is 12.5. The van der Waals surface area contributed by atoms with Crippen molar-refractivity contribution in [2.24, 2.45) is 0 Å². The highest BCUT2D eigenvalue weighted by Gasteiger charge is 2.33. The average molecular weight is 286 g/mol. The van der Waals surface area contributed by atoms with E-state index < -0.39 is 5.79 Å². The molecule has 0 N–H and O–H groups in total. The van der Waals surface area contributed by atoms with Crippen LogP contribution in [-0.4, -0.2) is 26.4 Å². The van der Waals surface area contributed by atoms with Crippen LogP contribution in [0.2, 0.25) is 0 Å². The Morgan fingerprint density at radius 3 is 2.32 bits per heavy atom. The van der Waals surface area contributed by atoms with Gasteiger partial charge in [-0.2, -0.15) is 0 Å². The third-order valence-electron chi connectivity index (χ3n) is 3.03. The number of hydrogen-bond donors (Lipinski definition) is 0. The highest BCUT2D eigenvalue weighted by molar-refractivity contribution is 7.80. The number of aryl methyl sites for hydroxylation is 1. The first-order valence-electron chi connectivity index (χ1n) is 5.92. The van der Waals surface area contributed by atoms with Crippen LogP contribution in [0, 0.1) is 12.7 Å². The highest BCUT2D eigenvalue weighted by atomic mass is 32.1. The van der Waals surface area contributed by atoms with Crippen molar-refractivity contribution < 1.29 is 18.6 Å². The molecule has 0 amide bonds. The van der Waals surface area contributed by atoms with Crippen molar-refractivity contribution >= 4 is 17.3 Å². The molecule has 0 radical (unpaired) electrons. The van der Waals surface area contributed by atoms with Gasteiger partial charge in [0.25, 0.3) is 0 Å². The van der Waals surface area contributed by atoms with E-state index in [1.807, 2.05) is 13.0 Å². The molecule has 0 aliphatic rings. The molecule has 0 spiro atoms. The van der Waals surface area contributed by atoms with Gasteiger partial charge in [0, 0.05) is 32.6 Å². The predicted octanol–water partition coefficient (Wildman–Crippen LogP) is 3.33. The lowest BCUT2D eigenvalue weighted by molar-refractivity contribution is -0.219. The summed E-state index contributed by atoms with van der Waals surface area (Å²) in [5, 5.41) is 0.464. The van der Waals surface area contributed by atoms with Gasteiger partial charge < -0.3 is 14.2 Å². The lowest BCUT2D eigenvalue weighted by atomic mass is 9.98. The summed E-state index contributed by atoms with van der Waals surface area (Å²) in [4.78, 5) is 0. The summed E-state index contributed by atoms with van der Waals surface area (Å²) >= 11 is 5.01. The van der Waals surface area contributed by atoms with Gasteiger partial charge in [0.2, 0.25) is 0 Å². The van der Waals surface area contributed by atoms with E-state index in [1.165, 1.54) is 33.5 Å². The van der Waals surface area contributed by atoms with Crippen molar-refractivity contribution in [1.29, 1.82) is 0 Å². The van der Waals surface area contributed by atoms with Crippen LogP contribution in [0.4, 0.5) is 4.39 Å². The Hall–Kier alpha value is -1.04. The largest absolute Gasteiger partial charge is 0.490 e. The number of benzene rings is 1. The van der Waals surface area contributed by atoms with E-state index in [4.69, 9.17) is 26.4 Å². The van der Waals surface area contributed by atoms with Crippen LogP contribution >= 0.6 is 12.2 Å². The Balaban J connectivity index is 3.06. The molecule has 5 heteroatoms. The second-order valence-corrected chi connectivity index (χ2v) is 4.71. The Labute approximate surface area is 118 Å². The minimum absolute atomic E-state index is 0.317. The van der Waals surface area contributed by atoms with Crippen molar-refractivity contribution in [3.8, 4) is 0 Å². The Morgan fingerprint density at radius 1 is 1.21 bits per heavy atom. The molecule has 1 aromatic rings. The van der Waals surface area contributed by atoms with E-state index in [1.54, 1.807) is 0 Å². The van der Waals surface area contributed by atoms with E-state index in [0.717, 1.165) is 5.56 Å². The molecule has 0 heterocycles. The molecular weight excluding hydrogens is 267 g/mol. The Kier molecular flexibility index (Phi) is 5.85. The van der Waals surface area contributed by atoms with Crippen LogP contribution in [0.15, 0.2) is 18.2 Å². The Bertz CT molecular complexity index is 424. The first-order valence-corrected chi connectivity index (χ1v) is 6.33. The van der Waals surface area contributed by atoms with Crippen molar-refractivity contribution in [1.82, 2.24) is 0 Å². The summed E-state index contributed by atoms with van der Waals surface area (Å²) in [6.45, 7) is 1.82. The van der Waals surface area contributed by atoms with E-state index in [-0.39, 0.29) is 5.82 Å². The van der Waals surface area contributed by atoms with Gasteiger partial charge in [0.05, 0.1) is 7.11 Å². The standard InChI is InChI=1S/C14H19FO3S/c1-10-7-11(9-12(15)8-10)14(17-3,18-4)6-5-13(19)16-2/h7-9H,5-6H2,1-4H3. The number of ether oxygens (including phenoxy) is 3. The number of thiocarbonyl (C=S) groups is 1. The number of methoxy groups -OCH3 is 3. The topological polar surface area (TPSA) is 27.7 Å². The van der Waals surface area contributed by atoms with Gasteiger partial charge in [-0.3, -0.25) is 0 Å². The number of hydrogen-bond acceptors (Lipinski definition) is 4. The molecule has 0 aliphatic heterocycles. The fraction of sp³-hybridized carbons (Fsp3) is 0.500. The molecule has 0 atom stereocenters. The van der Waals surface area contributed by atoms with Crippen LogP contribution in [0.5, 0.6) is 0 Å². The molecule has 0 unspecified atom stereocenters. The molecule has 0 fully saturated rings. The predicted molar refractivity (Wildman–Crippen MR) is 75.7 cm³/mol. The van der Waals surface area contributed by atoms with Crippen molar-refractivity contribution in [2.75, 3.05) is 21.3 Å². The minimum atomic E-state index is -1.02. The second-order valence-electron chi connectivity index (χ2n) is 4.25. The van der Waals surface area contributed by atoms with E-state index in [9.17, 15) is 4.39 Å². The second kappa shape index (κ2) is 6.93. The molecule has 19 heavy (non-hydrogen) atoms. The van der Waals surface area contributed by atoms with E-state index in [2.05, 4.69) is 0 Å². The number of rotatable bonds is 6. The SMILES string of the molecule is COC(=S)CCC(OC)(OC)c1cc(C)cc(F)c1. The van der Waals surface area contributed by atoms with Gasteiger partial charge in [0.15, 0.2) is 10.8 Å². The van der Waals surface area contributed by atoms with Crippen LogP contribution in [0.3, 0.4) is 0 Å². The minimum Gasteiger partial charge on any atom is -0.490 e. The molecule has 0 aromatic heterocycles. The maximum atomic E-state index is 13.5. The van der Waals surface area contributed by atoms with Crippen LogP contribution in [0.1, 0.15) is 24.0 Å². The van der Waals surface area contributed by atoms with Crippen molar-refractivity contribution in [3.05, 3.63) is 35.1 Å². The summed E-state index contributed by atoms with van der Waals surface area (Å²) in [6, 6.07) is 4.71. The molecule has 0 saturated heterocycles. The first-order chi connectivity index (χ1) is 8.97. The molecule has 1 aromatic carbocycles. The third kappa shape index (κ3) is 3.96. The summed E-state index contributed by atoms with van der Waals surface area (Å²) in [5.41, 5.74) is 1.44. The molecule has 0 bridgehead atoms. The van der Waals surface area contributed by atoms with Gasteiger partial charge in [-0.25, -0.2) is 4.39 Å². The van der Waals surface area contributed by atoms with Crippen LogP contribution in [-0.2, 0) is 20.0 Å². The smallest absolute Gasteiger partial charge is 0.194 e. The highest BCUT2D eigenvalue weighted by Crippen LogP contribution is 2.32. The summed E-state index contributed by atoms with van der Waals surface area (Å²) in [6.07, 6.45) is 0.943. The van der Waals surface area contributed by atoms with Crippen molar-refractivity contribution in [3.63, 3.8) is 0 Å². The fourth-order valence-corrected chi connectivity index (χ4v) is 2.09. The Morgan fingerprint density at radius 2 is 1.84 bits per heavy atom. The van der Waals surface area contributed by atoms with E-state index >= 15 is 0 Å². The molecule has 0 saturated carbocycles. The van der Waals surface area contributed by atoms with Crippen LogP contribution < -0.4 is 0 Å². The summed E-state index contributed by atoms with van der Waals surface area (Å²) < 4.78 is 29.4. The monoisotopic (exact) mass is 286 g/mol. The zero-order chi connectivity index (χ0) is 14.5. The lowest BCUT2D eigenvalue weighted by Gasteiger charge is -2.31. The summed E-state index contributed by atoms with van der Waals surface area (Å²) in [5.74, 6) is -1.34. The molecule has 1 rings (SSSR count). The van der Waals surface area contributed by atoms with Crippen molar-refractivity contribution in [2.45, 2.75) is 25.6 Å². The maximum absolute atomic E-state index is 13.5. The fourth-order valence-electron chi connectivity index (χ4n) is 1.99. The van der Waals surface area contributed by atoms with Gasteiger partial charge >= 0.3 is 0 Å². The lowest BCUT2D eigenvalue weighted by Crippen LogP contribution is -2.32. The van der Waals surface area contributed by atoms with Gasteiger partial charge in [-0.1, -0.05) is 6.07 Å². The van der Waals surface area contributed by atoms with Crippen LogP contribution in [0.25, 0.3) is 0 Å². The normalized spacial score (nSPS) is 11.4.